The van der Waals surface area contributed by atoms with E-state index >= 15 is 0 Å². The Hall–Kier alpha value is -1.40. The summed E-state index contributed by atoms with van der Waals surface area (Å²) in [4.78, 5) is 10.6. The number of aryl methyl sites for hydroxylation is 1. The van der Waals surface area contributed by atoms with E-state index in [1.54, 1.807) is 24.3 Å². The van der Waals surface area contributed by atoms with E-state index in [2.05, 4.69) is 11.6 Å². The summed E-state index contributed by atoms with van der Waals surface area (Å²) in [6.45, 7) is 4.42. The van der Waals surface area contributed by atoms with Gasteiger partial charge in [0, 0.05) is 0 Å². The van der Waals surface area contributed by atoms with E-state index in [0.29, 0.717) is 12.9 Å². The molecule has 0 aliphatic carbocycles. The highest BCUT2D eigenvalue weighted by atomic mass is 32.2. The van der Waals surface area contributed by atoms with Crippen LogP contribution in [0.1, 0.15) is 44.6 Å². The monoisotopic (exact) mass is 327 g/mol. The molecular formula is C16H25NO4S. The Kier molecular flexibility index (Phi) is 8.12. The molecule has 0 radical (unpaired) electrons. The van der Waals surface area contributed by atoms with Crippen molar-refractivity contribution in [3.8, 4) is 0 Å². The van der Waals surface area contributed by atoms with Crippen molar-refractivity contribution in [1.29, 1.82) is 0 Å². The standard InChI is InChI=1S/C16H25NO4S/c1-3-4-5-6-7-15(12-21-13-18)17-22(19,20)16-10-8-14(2)9-11-16/h8-11,13,15,17H,3-7,12H2,1-2H3. The van der Waals surface area contributed by atoms with Crippen LogP contribution in [0, 0.1) is 6.92 Å². The van der Waals surface area contributed by atoms with E-state index < -0.39 is 16.1 Å². The van der Waals surface area contributed by atoms with Gasteiger partial charge in [0.05, 0.1) is 10.9 Å². The first-order valence-corrected chi connectivity index (χ1v) is 9.12. The number of carbonyl (C=O) groups is 1. The van der Waals surface area contributed by atoms with Crippen LogP contribution in [0.3, 0.4) is 0 Å². The largest absolute Gasteiger partial charge is 0.466 e. The molecule has 0 heterocycles. The Morgan fingerprint density at radius 1 is 1.18 bits per heavy atom. The lowest BCUT2D eigenvalue weighted by atomic mass is 10.1. The Morgan fingerprint density at radius 3 is 2.45 bits per heavy atom. The first-order valence-electron chi connectivity index (χ1n) is 7.64. The highest BCUT2D eigenvalue weighted by Crippen LogP contribution is 2.13. The Balaban J connectivity index is 2.69. The average molecular weight is 327 g/mol. The summed E-state index contributed by atoms with van der Waals surface area (Å²) in [6, 6.07) is 6.27. The minimum atomic E-state index is -3.60. The third-order valence-electron chi connectivity index (χ3n) is 3.42. The lowest BCUT2D eigenvalue weighted by molar-refractivity contribution is -0.129. The molecule has 0 amide bonds. The first kappa shape index (κ1) is 18.6. The van der Waals surface area contributed by atoms with Gasteiger partial charge in [0.1, 0.15) is 6.61 Å². The molecule has 1 atom stereocenters. The second-order valence-corrected chi connectivity index (χ2v) is 7.12. The zero-order valence-electron chi connectivity index (χ0n) is 13.2. The maximum absolute atomic E-state index is 12.4. The second kappa shape index (κ2) is 9.58. The van der Waals surface area contributed by atoms with Gasteiger partial charge in [0.2, 0.25) is 10.0 Å². The van der Waals surface area contributed by atoms with Gasteiger partial charge in [-0.15, -0.1) is 0 Å². The van der Waals surface area contributed by atoms with Crippen LogP contribution >= 0.6 is 0 Å². The summed E-state index contributed by atoms with van der Waals surface area (Å²) in [5.41, 5.74) is 0.999. The highest BCUT2D eigenvalue weighted by molar-refractivity contribution is 7.89. The van der Waals surface area contributed by atoms with Gasteiger partial charge in [-0.3, -0.25) is 4.79 Å². The molecule has 0 bridgehead atoms. The van der Waals surface area contributed by atoms with Gasteiger partial charge in [-0.05, 0) is 25.5 Å². The van der Waals surface area contributed by atoms with Crippen molar-refractivity contribution in [2.24, 2.45) is 0 Å². The zero-order valence-corrected chi connectivity index (χ0v) is 14.1. The first-order chi connectivity index (χ1) is 10.5. The number of unbranched alkanes of at least 4 members (excludes halogenated alkanes) is 3. The molecule has 0 aliphatic rings. The minimum absolute atomic E-state index is 0.0563. The van der Waals surface area contributed by atoms with Crippen molar-refractivity contribution in [3.05, 3.63) is 29.8 Å². The van der Waals surface area contributed by atoms with E-state index in [1.165, 1.54) is 0 Å². The van der Waals surface area contributed by atoms with Gasteiger partial charge in [0.15, 0.2) is 0 Å². The minimum Gasteiger partial charge on any atom is -0.466 e. The van der Waals surface area contributed by atoms with Crippen LogP contribution < -0.4 is 4.72 Å². The Labute approximate surface area is 133 Å². The average Bonchev–Trinajstić information content (AvgIpc) is 2.49. The number of rotatable bonds is 11. The molecule has 1 N–H and O–H groups in total. The van der Waals surface area contributed by atoms with Crippen molar-refractivity contribution in [2.45, 2.75) is 56.9 Å². The molecule has 0 aliphatic heterocycles. The van der Waals surface area contributed by atoms with E-state index in [9.17, 15) is 13.2 Å². The smallest absolute Gasteiger partial charge is 0.293 e. The lowest BCUT2D eigenvalue weighted by Gasteiger charge is -2.18. The third kappa shape index (κ3) is 6.58. The van der Waals surface area contributed by atoms with Crippen molar-refractivity contribution >= 4 is 16.5 Å². The predicted octanol–water partition coefficient (Wildman–Crippen LogP) is 2.79. The summed E-state index contributed by atoms with van der Waals surface area (Å²) < 4.78 is 32.1. The molecule has 6 heteroatoms. The molecule has 0 saturated carbocycles. The van der Waals surface area contributed by atoms with Crippen LogP contribution in [0.4, 0.5) is 0 Å². The topological polar surface area (TPSA) is 72.5 Å². The Morgan fingerprint density at radius 2 is 1.86 bits per heavy atom. The molecule has 5 nitrogen and oxygen atoms in total. The summed E-state index contributed by atoms with van der Waals surface area (Å²) in [6.07, 6.45) is 4.83. The van der Waals surface area contributed by atoms with Crippen molar-refractivity contribution in [3.63, 3.8) is 0 Å². The zero-order chi connectivity index (χ0) is 16.4. The van der Waals surface area contributed by atoms with Gasteiger partial charge in [-0.2, -0.15) is 0 Å². The van der Waals surface area contributed by atoms with E-state index in [1.807, 2.05) is 6.92 Å². The molecule has 0 spiro atoms. The summed E-state index contributed by atoms with van der Waals surface area (Å²) >= 11 is 0. The maximum Gasteiger partial charge on any atom is 0.293 e. The van der Waals surface area contributed by atoms with Crippen LogP contribution in [0.5, 0.6) is 0 Å². The molecule has 1 rings (SSSR count). The second-order valence-electron chi connectivity index (χ2n) is 5.41. The third-order valence-corrected chi connectivity index (χ3v) is 4.96. The van der Waals surface area contributed by atoms with Gasteiger partial charge in [-0.25, -0.2) is 13.1 Å². The van der Waals surface area contributed by atoms with Crippen molar-refractivity contribution < 1.29 is 17.9 Å². The quantitative estimate of drug-likeness (QED) is 0.501. The SMILES string of the molecule is CCCCCCC(COC=O)NS(=O)(=O)c1ccc(C)cc1. The fraction of sp³-hybridized carbons (Fsp3) is 0.562. The maximum atomic E-state index is 12.4. The summed E-state index contributed by atoms with van der Waals surface area (Å²) in [5, 5.41) is 0. The molecule has 1 unspecified atom stereocenters. The van der Waals surface area contributed by atoms with Crippen LogP contribution in [-0.4, -0.2) is 27.5 Å². The highest BCUT2D eigenvalue weighted by Gasteiger charge is 2.20. The number of hydrogen-bond donors (Lipinski definition) is 1. The van der Waals surface area contributed by atoms with E-state index in [0.717, 1.165) is 31.2 Å². The number of nitrogens with one attached hydrogen (secondary N) is 1. The normalized spacial score (nSPS) is 12.8. The summed E-state index contributed by atoms with van der Waals surface area (Å²) in [7, 11) is -3.60. The molecule has 0 aromatic heterocycles. The van der Waals surface area contributed by atoms with Crippen LogP contribution in [-0.2, 0) is 19.6 Å². The molecule has 0 saturated heterocycles. The number of carbonyl (C=O) groups excluding carboxylic acids is 1. The number of benzene rings is 1. The van der Waals surface area contributed by atoms with Crippen LogP contribution in [0.2, 0.25) is 0 Å². The number of sulfonamides is 1. The molecule has 22 heavy (non-hydrogen) atoms. The summed E-state index contributed by atoms with van der Waals surface area (Å²) in [5.74, 6) is 0. The van der Waals surface area contributed by atoms with Crippen molar-refractivity contribution in [1.82, 2.24) is 4.72 Å². The molecule has 1 aromatic carbocycles. The fourth-order valence-corrected chi connectivity index (χ4v) is 3.41. The number of ether oxygens (including phenoxy) is 1. The van der Waals surface area contributed by atoms with Gasteiger partial charge in [-0.1, -0.05) is 50.3 Å². The van der Waals surface area contributed by atoms with Gasteiger partial charge < -0.3 is 4.74 Å². The van der Waals surface area contributed by atoms with E-state index in [4.69, 9.17) is 4.74 Å². The van der Waals surface area contributed by atoms with Gasteiger partial charge in [0.25, 0.3) is 6.47 Å². The Bertz CT molecular complexity index is 540. The molecule has 124 valence electrons. The number of hydrogen-bond acceptors (Lipinski definition) is 4. The molecule has 0 fully saturated rings. The van der Waals surface area contributed by atoms with Crippen molar-refractivity contribution in [2.75, 3.05) is 6.61 Å². The van der Waals surface area contributed by atoms with Crippen LogP contribution in [0.15, 0.2) is 29.2 Å². The van der Waals surface area contributed by atoms with Gasteiger partial charge >= 0.3 is 0 Å². The molecular weight excluding hydrogens is 302 g/mol. The predicted molar refractivity (Wildman–Crippen MR) is 86.1 cm³/mol. The lowest BCUT2D eigenvalue weighted by Crippen LogP contribution is -2.38. The fourth-order valence-electron chi connectivity index (χ4n) is 2.15. The van der Waals surface area contributed by atoms with E-state index in [-0.39, 0.29) is 11.5 Å². The van der Waals surface area contributed by atoms with Crippen LogP contribution in [0.25, 0.3) is 0 Å². The molecule has 1 aromatic rings.